The standard InChI is InChI=1S/C31H31ClN4O3/c1-19-24(17-33-29(34-19)35-10-12-39-13-11-35)26(37)16-23-22-14-21(32)15-25-27(22)36(28(23)38)30(2,3)18-31(25,4)20-8-6-5-7-9-20/h5-9,14-17H,10-13,18H2,1-4H3/b23-16+. The largest absolute Gasteiger partial charge is 0.378 e. The quantitative estimate of drug-likeness (QED) is 0.325. The first-order valence-corrected chi connectivity index (χ1v) is 13.6. The summed E-state index contributed by atoms with van der Waals surface area (Å²) >= 11 is 6.67. The number of aryl methyl sites for hydroxylation is 1. The van der Waals surface area contributed by atoms with E-state index in [1.807, 2.05) is 34.1 Å². The summed E-state index contributed by atoms with van der Waals surface area (Å²) in [5, 5.41) is 0.535. The van der Waals surface area contributed by atoms with Crippen molar-refractivity contribution in [2.24, 2.45) is 0 Å². The van der Waals surface area contributed by atoms with Crippen molar-refractivity contribution in [2.45, 2.75) is 45.1 Å². The first-order chi connectivity index (χ1) is 18.6. The van der Waals surface area contributed by atoms with E-state index in [-0.39, 0.29) is 17.1 Å². The number of ether oxygens (including phenoxy) is 1. The minimum atomic E-state index is -0.491. The van der Waals surface area contributed by atoms with E-state index in [0.29, 0.717) is 66.1 Å². The summed E-state index contributed by atoms with van der Waals surface area (Å²) in [6.07, 6.45) is 3.70. The van der Waals surface area contributed by atoms with E-state index in [9.17, 15) is 9.59 Å². The summed E-state index contributed by atoms with van der Waals surface area (Å²) < 4.78 is 5.41. The Hall–Kier alpha value is -3.55. The van der Waals surface area contributed by atoms with Crippen LogP contribution >= 0.6 is 11.6 Å². The lowest BCUT2D eigenvalue weighted by Crippen LogP contribution is -2.54. The third kappa shape index (κ3) is 4.15. The van der Waals surface area contributed by atoms with Gasteiger partial charge in [0.05, 0.1) is 35.7 Å². The molecule has 200 valence electrons. The number of anilines is 2. The molecule has 0 spiro atoms. The first kappa shape index (κ1) is 25.7. The lowest BCUT2D eigenvalue weighted by Gasteiger charge is -2.49. The zero-order valence-electron chi connectivity index (χ0n) is 22.6. The molecular weight excluding hydrogens is 512 g/mol. The number of morpholine rings is 1. The number of rotatable bonds is 4. The lowest BCUT2D eigenvalue weighted by molar-refractivity contribution is -0.114. The molecule has 7 nitrogen and oxygen atoms in total. The molecule has 0 saturated carbocycles. The van der Waals surface area contributed by atoms with Gasteiger partial charge >= 0.3 is 0 Å². The maximum Gasteiger partial charge on any atom is 0.259 e. The average molecular weight is 543 g/mol. The number of nitrogens with zero attached hydrogens (tertiary/aromatic N) is 4. The highest BCUT2D eigenvalue weighted by molar-refractivity contribution is 6.38. The Bertz CT molecular complexity index is 1530. The number of benzene rings is 2. The van der Waals surface area contributed by atoms with Crippen LogP contribution in [-0.2, 0) is 14.9 Å². The number of hydrogen-bond acceptors (Lipinski definition) is 6. The van der Waals surface area contributed by atoms with E-state index in [4.69, 9.17) is 16.3 Å². The van der Waals surface area contributed by atoms with Crippen LogP contribution in [0.4, 0.5) is 11.6 Å². The minimum Gasteiger partial charge on any atom is -0.378 e. The fourth-order valence-electron chi connectivity index (χ4n) is 6.44. The van der Waals surface area contributed by atoms with Crippen LogP contribution in [0.25, 0.3) is 5.57 Å². The van der Waals surface area contributed by atoms with Gasteiger partial charge in [-0.2, -0.15) is 0 Å². The van der Waals surface area contributed by atoms with Gasteiger partial charge in [0, 0.05) is 40.8 Å². The molecule has 1 aromatic heterocycles. The Morgan fingerprint density at radius 2 is 1.82 bits per heavy atom. The normalized spacial score (nSPS) is 22.8. The zero-order chi connectivity index (χ0) is 27.5. The van der Waals surface area contributed by atoms with Gasteiger partial charge in [0.15, 0.2) is 5.78 Å². The molecular formula is C31H31ClN4O3. The van der Waals surface area contributed by atoms with Crippen molar-refractivity contribution in [3.05, 3.63) is 87.7 Å². The van der Waals surface area contributed by atoms with Gasteiger partial charge in [0.1, 0.15) is 0 Å². The molecule has 2 aromatic carbocycles. The minimum absolute atomic E-state index is 0.189. The number of ketones is 1. The van der Waals surface area contributed by atoms with Crippen molar-refractivity contribution < 1.29 is 14.3 Å². The lowest BCUT2D eigenvalue weighted by atomic mass is 9.65. The molecule has 39 heavy (non-hydrogen) atoms. The predicted molar refractivity (Wildman–Crippen MR) is 153 cm³/mol. The van der Waals surface area contributed by atoms with E-state index in [0.717, 1.165) is 16.8 Å². The summed E-state index contributed by atoms with van der Waals surface area (Å²) in [6, 6.07) is 14.1. The van der Waals surface area contributed by atoms with Crippen LogP contribution < -0.4 is 9.80 Å². The topological polar surface area (TPSA) is 75.6 Å². The van der Waals surface area contributed by atoms with E-state index in [1.165, 1.54) is 6.08 Å². The van der Waals surface area contributed by atoms with E-state index in [1.54, 1.807) is 19.2 Å². The summed E-state index contributed by atoms with van der Waals surface area (Å²) in [5.41, 5.74) is 4.12. The molecule has 0 bridgehead atoms. The second-order valence-electron chi connectivity index (χ2n) is 11.4. The van der Waals surface area contributed by atoms with Crippen molar-refractivity contribution >= 4 is 40.5 Å². The Balaban J connectivity index is 1.44. The maximum absolute atomic E-state index is 14.0. The van der Waals surface area contributed by atoms with Gasteiger partial charge < -0.3 is 14.5 Å². The van der Waals surface area contributed by atoms with Crippen LogP contribution in [0.5, 0.6) is 0 Å². The number of allylic oxidation sites excluding steroid dienone is 1. The zero-order valence-corrected chi connectivity index (χ0v) is 23.4. The Morgan fingerprint density at radius 1 is 1.10 bits per heavy atom. The summed E-state index contributed by atoms with van der Waals surface area (Å²) in [6.45, 7) is 10.8. The molecule has 3 aliphatic rings. The van der Waals surface area contributed by atoms with Crippen LogP contribution in [0.15, 0.2) is 54.7 Å². The monoisotopic (exact) mass is 542 g/mol. The highest BCUT2D eigenvalue weighted by Gasteiger charge is 2.52. The highest BCUT2D eigenvalue weighted by Crippen LogP contribution is 2.56. The average Bonchev–Trinajstić information content (AvgIpc) is 3.19. The number of carbonyl (C=O) groups excluding carboxylic acids is 2. The van der Waals surface area contributed by atoms with Gasteiger partial charge in [-0.05, 0) is 56.5 Å². The number of halogens is 1. The molecule has 4 heterocycles. The van der Waals surface area contributed by atoms with Crippen LogP contribution in [0.1, 0.15) is 59.9 Å². The van der Waals surface area contributed by atoms with Crippen molar-refractivity contribution in [3.8, 4) is 0 Å². The third-order valence-corrected chi connectivity index (χ3v) is 8.44. The molecule has 1 fully saturated rings. The first-order valence-electron chi connectivity index (χ1n) is 13.3. The van der Waals surface area contributed by atoms with E-state index < -0.39 is 5.54 Å². The van der Waals surface area contributed by atoms with E-state index >= 15 is 0 Å². The van der Waals surface area contributed by atoms with Gasteiger partial charge in [-0.3, -0.25) is 9.59 Å². The van der Waals surface area contributed by atoms with Gasteiger partial charge in [0.2, 0.25) is 5.95 Å². The number of carbonyl (C=O) groups is 2. The number of aromatic nitrogens is 2. The molecule has 1 unspecified atom stereocenters. The third-order valence-electron chi connectivity index (χ3n) is 8.22. The van der Waals surface area contributed by atoms with Gasteiger partial charge in [0.25, 0.3) is 5.91 Å². The van der Waals surface area contributed by atoms with Crippen molar-refractivity contribution in [1.29, 1.82) is 0 Å². The molecule has 1 atom stereocenters. The molecule has 1 saturated heterocycles. The van der Waals surface area contributed by atoms with E-state index in [2.05, 4.69) is 42.9 Å². The second-order valence-corrected chi connectivity index (χ2v) is 11.8. The smallest absolute Gasteiger partial charge is 0.259 e. The van der Waals surface area contributed by atoms with Crippen molar-refractivity contribution in [3.63, 3.8) is 0 Å². The second kappa shape index (κ2) is 9.28. The molecule has 3 aromatic rings. The molecule has 0 aliphatic carbocycles. The van der Waals surface area contributed by atoms with Gasteiger partial charge in [-0.25, -0.2) is 9.97 Å². The van der Waals surface area contributed by atoms with Crippen LogP contribution in [0.2, 0.25) is 5.02 Å². The van der Waals surface area contributed by atoms with Crippen LogP contribution in [-0.4, -0.2) is 53.5 Å². The number of hydrogen-bond donors (Lipinski definition) is 0. The molecule has 1 amide bonds. The SMILES string of the molecule is Cc1nc(N2CCOCC2)ncc1C(=O)/C=C1/C(=O)N2c3c1cc(Cl)cc3C(C)(c1ccccc1)CC2(C)C. The molecule has 6 rings (SSSR count). The van der Waals surface area contributed by atoms with Gasteiger partial charge in [-0.1, -0.05) is 48.9 Å². The Labute approximate surface area is 233 Å². The fraction of sp³-hybridized carbons (Fsp3) is 0.355. The Kier molecular flexibility index (Phi) is 6.12. The van der Waals surface area contributed by atoms with Crippen molar-refractivity contribution in [1.82, 2.24) is 9.97 Å². The molecule has 0 N–H and O–H groups in total. The van der Waals surface area contributed by atoms with Crippen LogP contribution in [0, 0.1) is 6.92 Å². The highest BCUT2D eigenvalue weighted by atomic mass is 35.5. The summed E-state index contributed by atoms with van der Waals surface area (Å²) in [4.78, 5) is 40.5. The van der Waals surface area contributed by atoms with Crippen LogP contribution in [0.3, 0.4) is 0 Å². The molecule has 3 aliphatic heterocycles. The maximum atomic E-state index is 14.0. The fourth-order valence-corrected chi connectivity index (χ4v) is 6.66. The molecule has 0 radical (unpaired) electrons. The van der Waals surface area contributed by atoms with Crippen molar-refractivity contribution in [2.75, 3.05) is 36.1 Å². The Morgan fingerprint density at radius 3 is 2.51 bits per heavy atom. The summed E-state index contributed by atoms with van der Waals surface area (Å²) in [7, 11) is 0. The number of amides is 1. The molecule has 8 heteroatoms. The summed E-state index contributed by atoms with van der Waals surface area (Å²) in [5.74, 6) is 0.0878. The predicted octanol–water partition coefficient (Wildman–Crippen LogP) is 5.38. The van der Waals surface area contributed by atoms with Gasteiger partial charge in [-0.15, -0.1) is 0 Å².